The third-order valence-corrected chi connectivity index (χ3v) is 9.67. The highest BCUT2D eigenvalue weighted by molar-refractivity contribution is 5.71. The van der Waals surface area contributed by atoms with Crippen molar-refractivity contribution in [1.82, 2.24) is 19.6 Å². The lowest BCUT2D eigenvalue weighted by atomic mass is 10.0. The summed E-state index contributed by atoms with van der Waals surface area (Å²) in [4.78, 5) is 71.9. The fraction of sp³-hybridized carbons (Fsp3) is 0.646. The molecule has 5 unspecified atom stereocenters. The number of ether oxygens (including phenoxy) is 6. The molecule has 0 N–H and O–H groups in total. The minimum absolute atomic E-state index is 0.140. The molecule has 1 aliphatic rings. The van der Waals surface area contributed by atoms with Crippen LogP contribution in [0.5, 0.6) is 5.75 Å². The number of hydrogen-bond donors (Lipinski definition) is 0. The molecule has 352 valence electrons. The van der Waals surface area contributed by atoms with Gasteiger partial charge in [0, 0.05) is 51.9 Å². The molecular weight excluding hydrogens is 809 g/mol. The Morgan fingerprint density at radius 3 is 1.41 bits per heavy atom. The maximum atomic E-state index is 13.2. The van der Waals surface area contributed by atoms with E-state index in [0.717, 1.165) is 36.3 Å². The Balaban J connectivity index is 2.11. The molecular formula is C48H74N4O11. The second kappa shape index (κ2) is 24.4. The van der Waals surface area contributed by atoms with Crippen LogP contribution in [0.4, 0.5) is 0 Å². The summed E-state index contributed by atoms with van der Waals surface area (Å²) in [6.07, 6.45) is -0.466. The average Bonchev–Trinajstić information content (AvgIpc) is 3.19. The Kier molecular flexibility index (Phi) is 20.7. The molecule has 63 heavy (non-hydrogen) atoms. The lowest BCUT2D eigenvalue weighted by molar-refractivity contribution is -0.177. The van der Waals surface area contributed by atoms with Crippen LogP contribution in [-0.2, 0) is 60.7 Å². The normalized spacial score (nSPS) is 19.4. The molecule has 1 heterocycles. The Labute approximate surface area is 375 Å². The lowest BCUT2D eigenvalue weighted by Crippen LogP contribution is -2.60. The molecule has 3 rings (SSSR count). The van der Waals surface area contributed by atoms with Crippen LogP contribution < -0.4 is 4.74 Å². The number of hydrogen-bond acceptors (Lipinski definition) is 15. The molecule has 0 amide bonds. The molecule has 2 aromatic rings. The van der Waals surface area contributed by atoms with Crippen LogP contribution in [0.1, 0.15) is 94.2 Å². The van der Waals surface area contributed by atoms with E-state index >= 15 is 0 Å². The molecule has 0 spiro atoms. The fourth-order valence-electron chi connectivity index (χ4n) is 6.99. The van der Waals surface area contributed by atoms with E-state index in [1.54, 1.807) is 12.1 Å². The molecule has 0 aliphatic carbocycles. The molecule has 0 bridgehead atoms. The van der Waals surface area contributed by atoms with Crippen molar-refractivity contribution in [1.29, 1.82) is 0 Å². The van der Waals surface area contributed by atoms with Crippen molar-refractivity contribution in [3.63, 3.8) is 0 Å². The van der Waals surface area contributed by atoms with Crippen molar-refractivity contribution < 1.29 is 52.4 Å². The van der Waals surface area contributed by atoms with E-state index in [1.165, 1.54) is 0 Å². The monoisotopic (exact) mass is 883 g/mol. The van der Waals surface area contributed by atoms with Crippen molar-refractivity contribution >= 4 is 31.1 Å². The highest BCUT2D eigenvalue weighted by Gasteiger charge is 2.37. The number of nitrogens with zero attached hydrogens (tertiary/aromatic N) is 4. The molecule has 1 saturated heterocycles. The Bertz CT molecular complexity index is 1700. The predicted octanol–water partition coefficient (Wildman–Crippen LogP) is 5.30. The first-order valence-corrected chi connectivity index (χ1v) is 21.8. The van der Waals surface area contributed by atoms with Crippen LogP contribution in [0, 0.1) is 0 Å². The lowest BCUT2D eigenvalue weighted by Gasteiger charge is -2.44. The second-order valence-electron chi connectivity index (χ2n) is 19.8. The first kappa shape index (κ1) is 53.4. The van der Waals surface area contributed by atoms with E-state index in [1.807, 2.05) is 145 Å². The summed E-state index contributed by atoms with van der Waals surface area (Å²) in [5.41, 5.74) is -1.02. The first-order valence-electron chi connectivity index (χ1n) is 21.8. The molecule has 0 aromatic heterocycles. The van der Waals surface area contributed by atoms with Crippen molar-refractivity contribution in [2.45, 2.75) is 149 Å². The molecule has 0 radical (unpaired) electrons. The third-order valence-electron chi connectivity index (χ3n) is 9.67. The summed E-state index contributed by atoms with van der Waals surface area (Å²) in [7, 11) is 0. The summed E-state index contributed by atoms with van der Waals surface area (Å²) in [6.45, 7) is 24.2. The molecule has 0 saturated carbocycles. The van der Waals surface area contributed by atoms with Crippen molar-refractivity contribution in [2.24, 2.45) is 0 Å². The zero-order valence-corrected chi connectivity index (χ0v) is 39.7. The average molecular weight is 883 g/mol. The van der Waals surface area contributed by atoms with Gasteiger partial charge in [-0.25, -0.2) is 4.79 Å². The van der Waals surface area contributed by atoms with Gasteiger partial charge in [-0.2, -0.15) is 0 Å². The minimum atomic E-state index is -1.03. The van der Waals surface area contributed by atoms with E-state index in [-0.39, 0.29) is 45.9 Å². The van der Waals surface area contributed by atoms with E-state index in [9.17, 15) is 24.0 Å². The van der Waals surface area contributed by atoms with Gasteiger partial charge in [0.15, 0.2) is 56.7 Å². The maximum absolute atomic E-state index is 13.2. The number of carbonyl (C=O) groups excluding carboxylic acids is 5. The van der Waals surface area contributed by atoms with Gasteiger partial charge in [0.25, 0.3) is 0 Å². The van der Waals surface area contributed by atoms with Crippen molar-refractivity contribution in [3.8, 4) is 5.75 Å². The Morgan fingerprint density at radius 1 is 0.556 bits per heavy atom. The highest BCUT2D eigenvalue weighted by atomic mass is 16.6. The third kappa shape index (κ3) is 20.2. The van der Waals surface area contributed by atoms with Gasteiger partial charge in [-0.1, -0.05) is 42.5 Å². The summed E-state index contributed by atoms with van der Waals surface area (Å²) < 4.78 is 36.5. The Hall–Kier alpha value is -3.93. The van der Waals surface area contributed by atoms with Crippen LogP contribution in [-0.4, -0.2) is 156 Å². The fourth-order valence-corrected chi connectivity index (χ4v) is 6.99. The van der Waals surface area contributed by atoms with Crippen molar-refractivity contribution in [2.75, 3.05) is 52.4 Å². The zero-order valence-electron chi connectivity index (χ0n) is 39.7. The molecule has 1 aliphatic heterocycles. The minimum Gasteiger partial charge on any atom is -0.482 e. The largest absolute Gasteiger partial charge is 0.482 e. The van der Waals surface area contributed by atoms with E-state index in [0.29, 0.717) is 25.3 Å². The standard InChI is InChI=1S/C48H74N4O11/c1-45(2,3)60-40(30-53)49-22-23-50(41(31-54)61-46(4,5)6)26-27-52(43(33-56)63-48(10,11)12)38(29-51(25-24-49)42(32-55)62-47(7,8)9)28-36-18-20-39(21-19-36)58-35-44(57)59-34-37-16-14-13-15-17-37/h13-21,30-33,38,40-43H,22-29,34-35H2,1-12H3. The SMILES string of the molecule is CC(C)(C)OC(C=O)N1CCN(C(C=O)OC(C)(C)C)CCN(C(C=O)OC(C)(C)C)C(Cc2ccc(OCC(=O)OCc3ccccc3)cc2)CN(C(C=O)OC(C)(C)C)CC1. The van der Waals surface area contributed by atoms with Gasteiger partial charge < -0.3 is 28.4 Å². The molecule has 15 nitrogen and oxygen atoms in total. The molecule has 15 heteroatoms. The number of benzene rings is 2. The van der Waals surface area contributed by atoms with Gasteiger partial charge >= 0.3 is 5.97 Å². The van der Waals surface area contributed by atoms with Gasteiger partial charge in [0.1, 0.15) is 12.4 Å². The van der Waals surface area contributed by atoms with Gasteiger partial charge in [-0.05, 0) is 113 Å². The van der Waals surface area contributed by atoms with Crippen LogP contribution in [0.25, 0.3) is 0 Å². The van der Waals surface area contributed by atoms with Gasteiger partial charge in [-0.3, -0.25) is 38.8 Å². The quantitative estimate of drug-likeness (QED) is 0.132. The van der Waals surface area contributed by atoms with Crippen LogP contribution in [0.2, 0.25) is 0 Å². The van der Waals surface area contributed by atoms with Crippen LogP contribution in [0.15, 0.2) is 54.6 Å². The van der Waals surface area contributed by atoms with Crippen molar-refractivity contribution in [3.05, 3.63) is 65.7 Å². The topological polar surface area (TPSA) is 154 Å². The summed E-state index contributed by atoms with van der Waals surface area (Å²) >= 11 is 0. The summed E-state index contributed by atoms with van der Waals surface area (Å²) in [6, 6.07) is 16.2. The van der Waals surface area contributed by atoms with Gasteiger partial charge in [0.05, 0.1) is 22.4 Å². The maximum Gasteiger partial charge on any atom is 0.344 e. The van der Waals surface area contributed by atoms with Crippen LogP contribution in [0.3, 0.4) is 0 Å². The number of esters is 1. The number of carbonyl (C=O) groups is 5. The first-order chi connectivity index (χ1) is 29.4. The number of aldehydes is 4. The zero-order chi connectivity index (χ0) is 47.0. The molecule has 1 fully saturated rings. The van der Waals surface area contributed by atoms with E-state index < -0.39 is 59.3 Å². The van der Waals surface area contributed by atoms with Gasteiger partial charge in [-0.15, -0.1) is 0 Å². The summed E-state index contributed by atoms with van der Waals surface area (Å²) in [5, 5.41) is 0. The smallest absolute Gasteiger partial charge is 0.344 e. The number of rotatable bonds is 19. The molecule has 5 atom stereocenters. The van der Waals surface area contributed by atoms with E-state index in [4.69, 9.17) is 28.4 Å². The predicted molar refractivity (Wildman–Crippen MR) is 240 cm³/mol. The molecule has 2 aromatic carbocycles. The van der Waals surface area contributed by atoms with Crippen LogP contribution >= 0.6 is 0 Å². The second-order valence-corrected chi connectivity index (χ2v) is 19.8. The van der Waals surface area contributed by atoms with E-state index in [2.05, 4.69) is 0 Å². The Morgan fingerprint density at radius 2 is 0.968 bits per heavy atom. The summed E-state index contributed by atoms with van der Waals surface area (Å²) in [5.74, 6) is -0.0414. The van der Waals surface area contributed by atoms with Gasteiger partial charge in [0.2, 0.25) is 0 Å². The highest BCUT2D eigenvalue weighted by Crippen LogP contribution is 2.24.